The summed E-state index contributed by atoms with van der Waals surface area (Å²) in [4.78, 5) is 14.6. The second kappa shape index (κ2) is 8.72. The van der Waals surface area contributed by atoms with Gasteiger partial charge in [0.1, 0.15) is 4.90 Å². The highest BCUT2D eigenvalue weighted by molar-refractivity contribution is 7.89. The number of hydrogen-bond donors (Lipinski definition) is 2. The molecule has 10 heteroatoms. The van der Waals surface area contributed by atoms with E-state index in [1.165, 1.54) is 24.4 Å². The van der Waals surface area contributed by atoms with Crippen molar-refractivity contribution in [3.63, 3.8) is 0 Å². The molecule has 142 valence electrons. The van der Waals surface area contributed by atoms with Crippen LogP contribution in [0.15, 0.2) is 35.4 Å². The number of non-ortho nitro benzene ring substituents is 1. The van der Waals surface area contributed by atoms with Gasteiger partial charge in [0.05, 0.1) is 15.8 Å². The largest absolute Gasteiger partial charge is 0.316 e. The van der Waals surface area contributed by atoms with E-state index in [1.807, 2.05) is 0 Å². The molecule has 0 bridgehead atoms. The van der Waals surface area contributed by atoms with E-state index in [2.05, 4.69) is 15.0 Å². The van der Waals surface area contributed by atoms with Gasteiger partial charge < -0.3 is 5.32 Å². The van der Waals surface area contributed by atoms with E-state index in [0.717, 1.165) is 32.4 Å². The van der Waals surface area contributed by atoms with Gasteiger partial charge in [-0.2, -0.15) is 0 Å². The number of fused-ring (bicyclic) bond motifs is 1. The Morgan fingerprint density at radius 3 is 2.85 bits per heavy atom. The van der Waals surface area contributed by atoms with Crippen molar-refractivity contribution in [3.8, 4) is 0 Å². The first-order chi connectivity index (χ1) is 12.0. The van der Waals surface area contributed by atoms with Gasteiger partial charge in [0.25, 0.3) is 5.69 Å². The number of nitro benzene ring substituents is 1. The number of halogens is 1. The zero-order chi connectivity index (χ0) is 17.9. The molecule has 2 N–H and O–H groups in total. The van der Waals surface area contributed by atoms with Crippen LogP contribution in [0, 0.1) is 16.0 Å². The maximum atomic E-state index is 12.6. The number of nitrogens with zero attached hydrogens (tertiary/aromatic N) is 2. The molecular weight excluding hydrogens is 380 g/mol. The normalized spacial score (nSPS) is 17.6. The highest BCUT2D eigenvalue weighted by Gasteiger charge is 2.23. The summed E-state index contributed by atoms with van der Waals surface area (Å²) in [6.45, 7) is 2.26. The molecule has 1 aliphatic rings. The van der Waals surface area contributed by atoms with Crippen molar-refractivity contribution in [2.45, 2.75) is 24.2 Å². The number of nitrogens with one attached hydrogen (secondary N) is 2. The standard InChI is InChI=1S/C16H20N4O4S.ClH/c21-20(22)14-5-6-15(16-13(14)4-2-9-18-16)25(23,24)19-10-7-12-3-1-8-17-11-12;/h2,4-6,9,12,17,19H,1,3,7-8,10-11H2;1H. The SMILES string of the molecule is Cl.O=[N+]([O-])c1ccc(S(=O)(=O)NCCC2CCCNC2)c2ncccc12. The third-order valence-electron chi connectivity index (χ3n) is 4.44. The van der Waals surface area contributed by atoms with Crippen LogP contribution in [0.3, 0.4) is 0 Å². The van der Waals surface area contributed by atoms with Crippen LogP contribution in [0.5, 0.6) is 0 Å². The third-order valence-corrected chi connectivity index (χ3v) is 5.93. The first-order valence-corrected chi connectivity index (χ1v) is 9.70. The lowest BCUT2D eigenvalue weighted by molar-refractivity contribution is -0.383. The fourth-order valence-corrected chi connectivity index (χ4v) is 4.36. The van der Waals surface area contributed by atoms with E-state index in [0.29, 0.717) is 12.5 Å². The number of piperidine rings is 1. The summed E-state index contributed by atoms with van der Waals surface area (Å²) in [5, 5.41) is 14.6. The minimum atomic E-state index is -3.79. The van der Waals surface area contributed by atoms with Crippen molar-refractivity contribution in [2.75, 3.05) is 19.6 Å². The lowest BCUT2D eigenvalue weighted by Gasteiger charge is -2.22. The van der Waals surface area contributed by atoms with Crippen molar-refractivity contribution in [1.29, 1.82) is 0 Å². The lowest BCUT2D eigenvalue weighted by atomic mass is 9.96. The highest BCUT2D eigenvalue weighted by Crippen LogP contribution is 2.29. The quantitative estimate of drug-likeness (QED) is 0.567. The molecule has 2 heterocycles. The molecule has 1 saturated heterocycles. The van der Waals surface area contributed by atoms with Crippen molar-refractivity contribution in [1.82, 2.24) is 15.0 Å². The summed E-state index contributed by atoms with van der Waals surface area (Å²) in [6, 6.07) is 5.52. The molecule has 0 radical (unpaired) electrons. The maximum absolute atomic E-state index is 12.6. The van der Waals surface area contributed by atoms with Gasteiger partial charge in [-0.05, 0) is 56.5 Å². The Morgan fingerprint density at radius 1 is 1.35 bits per heavy atom. The van der Waals surface area contributed by atoms with E-state index in [1.54, 1.807) is 6.07 Å². The van der Waals surface area contributed by atoms with Gasteiger partial charge in [0, 0.05) is 18.8 Å². The summed E-state index contributed by atoms with van der Waals surface area (Å²) in [5.74, 6) is 0.461. The molecule has 0 aliphatic carbocycles. The number of pyridine rings is 1. The third kappa shape index (κ3) is 4.47. The summed E-state index contributed by atoms with van der Waals surface area (Å²) in [6.07, 6.45) is 4.38. The minimum Gasteiger partial charge on any atom is -0.316 e. The first-order valence-electron chi connectivity index (χ1n) is 8.21. The van der Waals surface area contributed by atoms with E-state index in [-0.39, 0.29) is 33.9 Å². The summed E-state index contributed by atoms with van der Waals surface area (Å²) in [5.41, 5.74) is -0.0427. The molecule has 1 aliphatic heterocycles. The second-order valence-electron chi connectivity index (χ2n) is 6.14. The number of nitro groups is 1. The van der Waals surface area contributed by atoms with Gasteiger partial charge in [0.2, 0.25) is 10.0 Å². The van der Waals surface area contributed by atoms with Crippen molar-refractivity contribution < 1.29 is 13.3 Å². The van der Waals surface area contributed by atoms with Gasteiger partial charge in [-0.25, -0.2) is 13.1 Å². The molecule has 1 aromatic carbocycles. The number of sulfonamides is 1. The summed E-state index contributed by atoms with van der Waals surface area (Å²) >= 11 is 0. The van der Waals surface area contributed by atoms with Crippen LogP contribution >= 0.6 is 12.4 Å². The molecule has 1 unspecified atom stereocenters. The van der Waals surface area contributed by atoms with Crippen LogP contribution in [0.4, 0.5) is 5.69 Å². The molecule has 2 aromatic rings. The van der Waals surface area contributed by atoms with Crippen LogP contribution in [-0.2, 0) is 10.0 Å². The molecule has 1 atom stereocenters. The van der Waals surface area contributed by atoms with E-state index in [9.17, 15) is 18.5 Å². The van der Waals surface area contributed by atoms with Gasteiger partial charge in [-0.3, -0.25) is 15.1 Å². The molecule has 1 aromatic heterocycles. The molecule has 26 heavy (non-hydrogen) atoms. The Balaban J connectivity index is 0.00000243. The Kier molecular flexibility index (Phi) is 6.87. The minimum absolute atomic E-state index is 0. The maximum Gasteiger partial charge on any atom is 0.278 e. The summed E-state index contributed by atoms with van der Waals surface area (Å²) in [7, 11) is -3.79. The van der Waals surface area contributed by atoms with Crippen LogP contribution in [0.1, 0.15) is 19.3 Å². The van der Waals surface area contributed by atoms with Crippen LogP contribution < -0.4 is 10.0 Å². The topological polar surface area (TPSA) is 114 Å². The smallest absolute Gasteiger partial charge is 0.278 e. The molecule has 0 saturated carbocycles. The molecule has 0 spiro atoms. The van der Waals surface area contributed by atoms with E-state index < -0.39 is 14.9 Å². The van der Waals surface area contributed by atoms with E-state index in [4.69, 9.17) is 0 Å². The van der Waals surface area contributed by atoms with Gasteiger partial charge >= 0.3 is 0 Å². The fourth-order valence-electron chi connectivity index (χ4n) is 3.15. The number of benzene rings is 1. The molecule has 8 nitrogen and oxygen atoms in total. The van der Waals surface area contributed by atoms with Crippen molar-refractivity contribution in [3.05, 3.63) is 40.6 Å². The van der Waals surface area contributed by atoms with Crippen LogP contribution in [-0.4, -0.2) is 38.0 Å². The monoisotopic (exact) mass is 400 g/mol. The van der Waals surface area contributed by atoms with Crippen LogP contribution in [0.2, 0.25) is 0 Å². The molecule has 3 rings (SSSR count). The van der Waals surface area contributed by atoms with Gasteiger partial charge in [-0.1, -0.05) is 0 Å². The summed E-state index contributed by atoms with van der Waals surface area (Å²) < 4.78 is 27.9. The predicted molar refractivity (Wildman–Crippen MR) is 101 cm³/mol. The Bertz CT molecular complexity index is 885. The average molecular weight is 401 g/mol. The van der Waals surface area contributed by atoms with Crippen LogP contribution in [0.25, 0.3) is 10.9 Å². The second-order valence-corrected chi connectivity index (χ2v) is 7.87. The number of rotatable bonds is 6. The molecule has 1 fully saturated rings. The van der Waals surface area contributed by atoms with Gasteiger partial charge in [0.15, 0.2) is 0 Å². The number of aromatic nitrogens is 1. The highest BCUT2D eigenvalue weighted by atomic mass is 35.5. The fraction of sp³-hybridized carbons (Fsp3) is 0.438. The average Bonchev–Trinajstić information content (AvgIpc) is 2.61. The lowest BCUT2D eigenvalue weighted by Crippen LogP contribution is -2.33. The van der Waals surface area contributed by atoms with E-state index >= 15 is 0 Å². The predicted octanol–water partition coefficient (Wildman–Crippen LogP) is 2.23. The Morgan fingerprint density at radius 2 is 2.15 bits per heavy atom. The first kappa shape index (κ1) is 20.5. The van der Waals surface area contributed by atoms with Crippen molar-refractivity contribution >= 4 is 39.0 Å². The Labute approximate surface area is 158 Å². The van der Waals surface area contributed by atoms with Crippen molar-refractivity contribution in [2.24, 2.45) is 5.92 Å². The van der Waals surface area contributed by atoms with Gasteiger partial charge in [-0.15, -0.1) is 12.4 Å². The number of hydrogen-bond acceptors (Lipinski definition) is 6. The Hall–Kier alpha value is -1.81. The zero-order valence-electron chi connectivity index (χ0n) is 14.1. The molecular formula is C16H21ClN4O4S. The molecule has 0 amide bonds. The zero-order valence-corrected chi connectivity index (χ0v) is 15.7.